The minimum absolute atomic E-state index is 0.258. The maximum Gasteiger partial charge on any atom is 0.354 e. The van der Waals surface area contributed by atoms with Crippen LogP contribution in [-0.4, -0.2) is 37.3 Å². The van der Waals surface area contributed by atoms with Gasteiger partial charge in [-0.25, -0.2) is 4.79 Å². The first kappa shape index (κ1) is 13.7. The number of hydrogen-bond donors (Lipinski definition) is 2. The van der Waals surface area contributed by atoms with Crippen LogP contribution in [0.5, 0.6) is 0 Å². The van der Waals surface area contributed by atoms with Crippen molar-refractivity contribution in [3.63, 3.8) is 0 Å². The van der Waals surface area contributed by atoms with Gasteiger partial charge in [-0.1, -0.05) is 0 Å². The second-order valence-corrected chi connectivity index (χ2v) is 3.99. The highest BCUT2D eigenvalue weighted by molar-refractivity contribution is 5.87. The third-order valence-electron chi connectivity index (χ3n) is 2.20. The molecule has 0 saturated carbocycles. The van der Waals surface area contributed by atoms with E-state index in [4.69, 9.17) is 4.74 Å². The summed E-state index contributed by atoms with van der Waals surface area (Å²) in [5.74, 6) is -0.348. The van der Waals surface area contributed by atoms with Crippen molar-refractivity contribution in [1.82, 2.24) is 10.3 Å². The zero-order valence-electron chi connectivity index (χ0n) is 10.6. The number of methoxy groups -OCH3 is 1. The van der Waals surface area contributed by atoms with Crippen LogP contribution in [-0.2, 0) is 16.0 Å². The number of esters is 1. The molecule has 0 atom stereocenters. The van der Waals surface area contributed by atoms with Crippen LogP contribution in [0.2, 0.25) is 0 Å². The van der Waals surface area contributed by atoms with E-state index < -0.39 is 0 Å². The molecule has 96 valence electrons. The predicted molar refractivity (Wildman–Crippen MR) is 64.9 cm³/mol. The Morgan fingerprint density at radius 1 is 1.47 bits per heavy atom. The monoisotopic (exact) mass is 240 g/mol. The van der Waals surface area contributed by atoms with Crippen molar-refractivity contribution in [3.05, 3.63) is 23.5 Å². The Morgan fingerprint density at radius 3 is 2.88 bits per heavy atom. The van der Waals surface area contributed by atoms with E-state index in [0.717, 1.165) is 12.2 Å². The Morgan fingerprint density at radius 2 is 2.24 bits per heavy atom. The van der Waals surface area contributed by atoms with E-state index in [1.807, 2.05) is 19.9 Å². The summed E-state index contributed by atoms with van der Waals surface area (Å²) in [6, 6.07) is 3.58. The number of aromatic amines is 1. The molecule has 0 unspecified atom stereocenters. The Hall–Kier alpha value is -1.33. The van der Waals surface area contributed by atoms with Crippen LogP contribution in [0.15, 0.2) is 12.1 Å². The summed E-state index contributed by atoms with van der Waals surface area (Å²) in [5, 5.41) is 3.22. The molecule has 17 heavy (non-hydrogen) atoms. The number of ether oxygens (including phenoxy) is 2. The summed E-state index contributed by atoms with van der Waals surface area (Å²) in [7, 11) is 1.37. The molecule has 0 saturated heterocycles. The summed E-state index contributed by atoms with van der Waals surface area (Å²) in [6.07, 6.45) is 0.258. The molecule has 0 spiro atoms. The van der Waals surface area contributed by atoms with Gasteiger partial charge in [0.15, 0.2) is 0 Å². The van der Waals surface area contributed by atoms with E-state index in [1.54, 1.807) is 6.07 Å². The van der Waals surface area contributed by atoms with Crippen LogP contribution >= 0.6 is 0 Å². The molecule has 0 aromatic carbocycles. The second kappa shape index (κ2) is 7.09. The fourth-order valence-corrected chi connectivity index (χ4v) is 1.36. The number of H-pyrrole nitrogens is 1. The summed E-state index contributed by atoms with van der Waals surface area (Å²) in [5.41, 5.74) is 1.43. The first-order valence-electron chi connectivity index (χ1n) is 5.72. The lowest BCUT2D eigenvalue weighted by Crippen LogP contribution is -2.21. The number of carbonyl (C=O) groups excluding carboxylic acids is 1. The average molecular weight is 240 g/mol. The molecule has 5 nitrogen and oxygen atoms in total. The lowest BCUT2D eigenvalue weighted by atomic mass is 10.4. The molecular formula is C12H20N2O3. The van der Waals surface area contributed by atoms with Gasteiger partial charge in [0.2, 0.25) is 0 Å². The van der Waals surface area contributed by atoms with Crippen molar-refractivity contribution >= 4 is 5.97 Å². The minimum Gasteiger partial charge on any atom is -0.464 e. The van der Waals surface area contributed by atoms with Gasteiger partial charge in [0.25, 0.3) is 0 Å². The van der Waals surface area contributed by atoms with E-state index >= 15 is 0 Å². The highest BCUT2D eigenvalue weighted by atomic mass is 16.5. The Labute approximate surface area is 101 Å². The highest BCUT2D eigenvalue weighted by Crippen LogP contribution is 2.02. The maximum atomic E-state index is 11.2. The zero-order chi connectivity index (χ0) is 12.7. The van der Waals surface area contributed by atoms with Crippen LogP contribution in [0.25, 0.3) is 0 Å². The predicted octanol–water partition coefficient (Wildman–Crippen LogP) is 1.32. The number of hydrogen-bond acceptors (Lipinski definition) is 4. The van der Waals surface area contributed by atoms with Crippen molar-refractivity contribution in [1.29, 1.82) is 0 Å². The fraction of sp³-hybridized carbons (Fsp3) is 0.583. The molecule has 0 fully saturated rings. The number of carbonyl (C=O) groups is 1. The van der Waals surface area contributed by atoms with Crippen molar-refractivity contribution in [2.24, 2.45) is 0 Å². The third-order valence-corrected chi connectivity index (χ3v) is 2.20. The van der Waals surface area contributed by atoms with Crippen LogP contribution in [0.3, 0.4) is 0 Å². The smallest absolute Gasteiger partial charge is 0.354 e. The van der Waals surface area contributed by atoms with Crippen LogP contribution in [0, 0.1) is 0 Å². The van der Waals surface area contributed by atoms with Gasteiger partial charge < -0.3 is 19.8 Å². The molecule has 0 radical (unpaired) electrons. The standard InChI is InChI=1S/C12H20N2O3/c1-9(2)17-7-6-13-8-10-4-5-11(14-10)12(15)16-3/h4-5,9,13-14H,6-8H2,1-3H3. The molecule has 0 bridgehead atoms. The van der Waals surface area contributed by atoms with E-state index in [2.05, 4.69) is 15.0 Å². The first-order chi connectivity index (χ1) is 8.13. The number of rotatable bonds is 7. The van der Waals surface area contributed by atoms with Crippen molar-refractivity contribution in [2.45, 2.75) is 26.5 Å². The summed E-state index contributed by atoms with van der Waals surface area (Å²) in [6.45, 7) is 6.16. The van der Waals surface area contributed by atoms with Crippen LogP contribution < -0.4 is 5.32 Å². The topological polar surface area (TPSA) is 63.4 Å². The van der Waals surface area contributed by atoms with Crippen molar-refractivity contribution < 1.29 is 14.3 Å². The largest absolute Gasteiger partial charge is 0.464 e. The molecule has 0 amide bonds. The van der Waals surface area contributed by atoms with E-state index in [0.29, 0.717) is 18.8 Å². The van der Waals surface area contributed by atoms with Crippen molar-refractivity contribution in [2.75, 3.05) is 20.3 Å². The van der Waals surface area contributed by atoms with E-state index in [-0.39, 0.29) is 12.1 Å². The summed E-state index contributed by atoms with van der Waals surface area (Å²) >= 11 is 0. The fourth-order valence-electron chi connectivity index (χ4n) is 1.36. The lowest BCUT2D eigenvalue weighted by Gasteiger charge is -2.07. The van der Waals surface area contributed by atoms with Gasteiger partial charge in [-0.15, -0.1) is 0 Å². The molecule has 0 aliphatic rings. The molecule has 1 heterocycles. The van der Waals surface area contributed by atoms with Gasteiger partial charge >= 0.3 is 5.97 Å². The average Bonchev–Trinajstić information content (AvgIpc) is 2.76. The molecule has 5 heteroatoms. The Balaban J connectivity index is 2.23. The molecule has 2 N–H and O–H groups in total. The van der Waals surface area contributed by atoms with Gasteiger partial charge in [0, 0.05) is 18.8 Å². The Kier molecular flexibility index (Phi) is 5.72. The molecule has 0 aliphatic heterocycles. The molecule has 1 aromatic rings. The number of aromatic nitrogens is 1. The number of nitrogens with one attached hydrogen (secondary N) is 2. The van der Waals surface area contributed by atoms with Crippen molar-refractivity contribution in [3.8, 4) is 0 Å². The van der Waals surface area contributed by atoms with Crippen LogP contribution in [0.4, 0.5) is 0 Å². The zero-order valence-corrected chi connectivity index (χ0v) is 10.6. The quantitative estimate of drug-likeness (QED) is 0.557. The van der Waals surface area contributed by atoms with Gasteiger partial charge in [-0.05, 0) is 26.0 Å². The second-order valence-electron chi connectivity index (χ2n) is 3.99. The molecular weight excluding hydrogens is 220 g/mol. The van der Waals surface area contributed by atoms with Crippen LogP contribution in [0.1, 0.15) is 30.0 Å². The molecule has 0 aliphatic carbocycles. The Bertz CT molecular complexity index is 347. The summed E-state index contributed by atoms with van der Waals surface area (Å²) < 4.78 is 10.0. The lowest BCUT2D eigenvalue weighted by molar-refractivity contribution is 0.0594. The van der Waals surface area contributed by atoms with Gasteiger partial charge in [0.05, 0.1) is 19.8 Å². The van der Waals surface area contributed by atoms with E-state index in [1.165, 1.54) is 7.11 Å². The van der Waals surface area contributed by atoms with Gasteiger partial charge in [-0.3, -0.25) is 0 Å². The first-order valence-corrected chi connectivity index (χ1v) is 5.72. The SMILES string of the molecule is COC(=O)c1ccc(CNCCOC(C)C)[nH]1. The van der Waals surface area contributed by atoms with Gasteiger partial charge in [-0.2, -0.15) is 0 Å². The van der Waals surface area contributed by atoms with Gasteiger partial charge in [0.1, 0.15) is 5.69 Å². The normalized spacial score (nSPS) is 10.8. The minimum atomic E-state index is -0.348. The summed E-state index contributed by atoms with van der Waals surface area (Å²) in [4.78, 5) is 14.2. The molecule has 1 aromatic heterocycles. The third kappa shape index (κ3) is 5.01. The molecule has 1 rings (SSSR count). The highest BCUT2D eigenvalue weighted by Gasteiger charge is 2.07. The maximum absolute atomic E-state index is 11.2. The van der Waals surface area contributed by atoms with E-state index in [9.17, 15) is 4.79 Å².